The molecule has 0 N–H and O–H groups in total. The van der Waals surface area contributed by atoms with Crippen molar-refractivity contribution in [2.75, 3.05) is 19.1 Å². The highest BCUT2D eigenvalue weighted by atomic mass is 35.5. The molecule has 14 heavy (non-hydrogen) atoms. The third kappa shape index (κ3) is 7.86. The van der Waals surface area contributed by atoms with Gasteiger partial charge in [0.1, 0.15) is 13.2 Å². The van der Waals surface area contributed by atoms with Crippen LogP contribution < -0.4 is 0 Å². The van der Waals surface area contributed by atoms with Crippen LogP contribution in [0.3, 0.4) is 0 Å². The zero-order valence-corrected chi connectivity index (χ0v) is 9.01. The Morgan fingerprint density at radius 2 is 1.57 bits per heavy atom. The van der Waals surface area contributed by atoms with Crippen LogP contribution >= 0.6 is 11.6 Å². The van der Waals surface area contributed by atoms with Gasteiger partial charge in [-0.1, -0.05) is 6.92 Å². The minimum atomic E-state index is -0.369. The van der Waals surface area contributed by atoms with Gasteiger partial charge in [-0.25, -0.2) is 0 Å². The van der Waals surface area contributed by atoms with Crippen molar-refractivity contribution in [3.05, 3.63) is 0 Å². The SMILES string of the molecule is CCCC(=O)OCCOC(=O)CCCl. The van der Waals surface area contributed by atoms with Gasteiger partial charge in [0, 0.05) is 12.3 Å². The van der Waals surface area contributed by atoms with Crippen LogP contribution in [0.4, 0.5) is 0 Å². The second kappa shape index (κ2) is 8.81. The first-order chi connectivity index (χ1) is 6.70. The second-order valence-corrected chi connectivity index (χ2v) is 3.01. The normalized spacial score (nSPS) is 9.57. The summed E-state index contributed by atoms with van der Waals surface area (Å²) in [6, 6.07) is 0. The third-order valence-corrected chi connectivity index (χ3v) is 1.55. The van der Waals surface area contributed by atoms with Crippen molar-refractivity contribution in [3.63, 3.8) is 0 Å². The number of alkyl halides is 1. The number of ether oxygens (including phenoxy) is 2. The van der Waals surface area contributed by atoms with Gasteiger partial charge < -0.3 is 9.47 Å². The molecule has 0 saturated heterocycles. The summed E-state index contributed by atoms with van der Waals surface area (Å²) < 4.78 is 9.47. The van der Waals surface area contributed by atoms with Crippen LogP contribution in [0.1, 0.15) is 26.2 Å². The molecule has 0 aliphatic carbocycles. The summed E-state index contributed by atoms with van der Waals surface area (Å²) in [4.78, 5) is 21.6. The Morgan fingerprint density at radius 1 is 1.07 bits per heavy atom. The molecule has 0 saturated carbocycles. The van der Waals surface area contributed by atoms with E-state index in [2.05, 4.69) is 0 Å². The quantitative estimate of drug-likeness (QED) is 0.372. The van der Waals surface area contributed by atoms with E-state index in [1.165, 1.54) is 0 Å². The van der Waals surface area contributed by atoms with E-state index in [-0.39, 0.29) is 37.5 Å². The first-order valence-electron chi connectivity index (χ1n) is 4.58. The Balaban J connectivity index is 3.28. The molecule has 0 aromatic carbocycles. The van der Waals surface area contributed by atoms with Gasteiger partial charge in [0.05, 0.1) is 6.42 Å². The lowest BCUT2D eigenvalue weighted by molar-refractivity contribution is -0.152. The fraction of sp³-hybridized carbons (Fsp3) is 0.778. The third-order valence-electron chi connectivity index (χ3n) is 1.36. The lowest BCUT2D eigenvalue weighted by Crippen LogP contribution is -2.13. The standard InChI is InChI=1S/C9H15ClO4/c1-2-3-8(11)13-6-7-14-9(12)4-5-10/h2-7H2,1H3. The van der Waals surface area contributed by atoms with E-state index in [0.29, 0.717) is 6.42 Å². The number of carbonyl (C=O) groups is 2. The van der Waals surface area contributed by atoms with Crippen molar-refractivity contribution in [1.82, 2.24) is 0 Å². The van der Waals surface area contributed by atoms with E-state index in [0.717, 1.165) is 6.42 Å². The highest BCUT2D eigenvalue weighted by Crippen LogP contribution is 1.92. The van der Waals surface area contributed by atoms with Gasteiger partial charge in [-0.15, -0.1) is 11.6 Å². The fourth-order valence-electron chi connectivity index (χ4n) is 0.737. The molecule has 0 bridgehead atoms. The molecule has 0 radical (unpaired) electrons. The lowest BCUT2D eigenvalue weighted by atomic mass is 10.3. The van der Waals surface area contributed by atoms with E-state index >= 15 is 0 Å². The molecule has 0 aromatic rings. The molecule has 0 heterocycles. The average molecular weight is 223 g/mol. The van der Waals surface area contributed by atoms with Crippen LogP contribution in [0, 0.1) is 0 Å². The Hall–Kier alpha value is -0.770. The predicted molar refractivity (Wildman–Crippen MR) is 52.2 cm³/mol. The van der Waals surface area contributed by atoms with Crippen LogP contribution in [0.15, 0.2) is 0 Å². The molecule has 5 heteroatoms. The monoisotopic (exact) mass is 222 g/mol. The number of carbonyl (C=O) groups excluding carboxylic acids is 2. The van der Waals surface area contributed by atoms with Crippen molar-refractivity contribution in [3.8, 4) is 0 Å². The summed E-state index contributed by atoms with van der Waals surface area (Å²) >= 11 is 5.31. The number of rotatable bonds is 7. The topological polar surface area (TPSA) is 52.6 Å². The summed E-state index contributed by atoms with van der Waals surface area (Å²) in [5.41, 5.74) is 0. The largest absolute Gasteiger partial charge is 0.462 e. The molecule has 0 amide bonds. The molecule has 0 spiro atoms. The molecule has 0 rings (SSSR count). The number of hydrogen-bond donors (Lipinski definition) is 0. The molecule has 4 nitrogen and oxygen atoms in total. The van der Waals surface area contributed by atoms with Crippen LogP contribution in [0.5, 0.6) is 0 Å². The molecule has 0 atom stereocenters. The lowest BCUT2D eigenvalue weighted by Gasteiger charge is -2.04. The van der Waals surface area contributed by atoms with Gasteiger partial charge in [0.2, 0.25) is 0 Å². The van der Waals surface area contributed by atoms with E-state index in [1.54, 1.807) is 0 Å². The minimum Gasteiger partial charge on any atom is -0.462 e. The van der Waals surface area contributed by atoms with Gasteiger partial charge in [-0.2, -0.15) is 0 Å². The number of esters is 2. The van der Waals surface area contributed by atoms with E-state index < -0.39 is 0 Å². The first kappa shape index (κ1) is 13.2. The Bertz CT molecular complexity index is 162. The van der Waals surface area contributed by atoms with Crippen molar-refractivity contribution in [2.45, 2.75) is 26.2 Å². The Labute approximate surface area is 88.5 Å². The van der Waals surface area contributed by atoms with Gasteiger partial charge in [0.25, 0.3) is 0 Å². The summed E-state index contributed by atoms with van der Waals surface area (Å²) in [7, 11) is 0. The minimum absolute atomic E-state index is 0.102. The van der Waals surface area contributed by atoms with Gasteiger partial charge in [0.15, 0.2) is 0 Å². The van der Waals surface area contributed by atoms with Crippen molar-refractivity contribution in [1.29, 1.82) is 0 Å². The Morgan fingerprint density at radius 3 is 2.00 bits per heavy atom. The maximum absolute atomic E-state index is 10.8. The van der Waals surface area contributed by atoms with Crippen molar-refractivity contribution in [2.24, 2.45) is 0 Å². The molecule has 0 aliphatic rings. The highest BCUT2D eigenvalue weighted by molar-refractivity contribution is 6.18. The summed E-state index contributed by atoms with van der Waals surface area (Å²) in [6.45, 7) is 2.11. The van der Waals surface area contributed by atoms with E-state index in [9.17, 15) is 9.59 Å². The number of hydrogen-bond acceptors (Lipinski definition) is 4. The molecule has 0 fully saturated rings. The summed E-state index contributed by atoms with van der Waals surface area (Å²) in [6.07, 6.45) is 1.34. The zero-order valence-electron chi connectivity index (χ0n) is 8.25. The van der Waals surface area contributed by atoms with E-state index in [1.807, 2.05) is 6.92 Å². The Kier molecular flexibility index (Phi) is 8.33. The highest BCUT2D eigenvalue weighted by Gasteiger charge is 2.03. The fourth-order valence-corrected chi connectivity index (χ4v) is 0.891. The molecule has 0 aliphatic heterocycles. The number of halogens is 1. The van der Waals surface area contributed by atoms with Crippen LogP contribution in [0.25, 0.3) is 0 Å². The smallest absolute Gasteiger partial charge is 0.307 e. The van der Waals surface area contributed by atoms with Crippen LogP contribution in [0.2, 0.25) is 0 Å². The zero-order chi connectivity index (χ0) is 10.8. The van der Waals surface area contributed by atoms with Crippen LogP contribution in [-0.2, 0) is 19.1 Å². The molecule has 0 unspecified atom stereocenters. The molecular formula is C9H15ClO4. The van der Waals surface area contributed by atoms with Crippen molar-refractivity contribution < 1.29 is 19.1 Å². The van der Waals surface area contributed by atoms with E-state index in [4.69, 9.17) is 21.1 Å². The van der Waals surface area contributed by atoms with Gasteiger partial charge >= 0.3 is 11.9 Å². The summed E-state index contributed by atoms with van der Waals surface area (Å²) in [5, 5.41) is 0. The summed E-state index contributed by atoms with van der Waals surface area (Å²) in [5.74, 6) is -0.388. The van der Waals surface area contributed by atoms with Crippen LogP contribution in [-0.4, -0.2) is 31.0 Å². The first-order valence-corrected chi connectivity index (χ1v) is 5.11. The maximum Gasteiger partial charge on any atom is 0.307 e. The predicted octanol–water partition coefficient (Wildman–Crippen LogP) is 1.50. The van der Waals surface area contributed by atoms with Gasteiger partial charge in [-0.05, 0) is 6.42 Å². The van der Waals surface area contributed by atoms with Crippen molar-refractivity contribution >= 4 is 23.5 Å². The van der Waals surface area contributed by atoms with Gasteiger partial charge in [-0.3, -0.25) is 9.59 Å². The molecule has 82 valence electrons. The maximum atomic E-state index is 10.8. The molecule has 0 aromatic heterocycles. The second-order valence-electron chi connectivity index (χ2n) is 2.63. The average Bonchev–Trinajstić information content (AvgIpc) is 2.13. The molecular weight excluding hydrogens is 208 g/mol.